The molecular formula is C16H20N8O2. The van der Waals surface area contributed by atoms with Crippen molar-refractivity contribution in [2.45, 2.75) is 33.7 Å². The zero-order valence-corrected chi connectivity index (χ0v) is 14.9. The molecule has 136 valence electrons. The van der Waals surface area contributed by atoms with Gasteiger partial charge in [0.15, 0.2) is 5.82 Å². The van der Waals surface area contributed by atoms with Crippen LogP contribution < -0.4 is 10.6 Å². The van der Waals surface area contributed by atoms with Gasteiger partial charge in [0, 0.05) is 18.1 Å². The molecule has 0 spiro atoms. The van der Waals surface area contributed by atoms with Gasteiger partial charge >= 0.3 is 6.03 Å². The lowest BCUT2D eigenvalue weighted by molar-refractivity contribution is 0.204. The first-order valence-electron chi connectivity index (χ1n) is 8.02. The molecule has 26 heavy (non-hydrogen) atoms. The molecule has 3 aromatic rings. The molecule has 3 N–H and O–H groups in total. The number of aromatic nitrogens is 6. The summed E-state index contributed by atoms with van der Waals surface area (Å²) in [4.78, 5) is 24.8. The number of H-pyrrole nitrogens is 1. The van der Waals surface area contributed by atoms with Gasteiger partial charge in [-0.2, -0.15) is 10.1 Å². The number of hydrogen-bond donors (Lipinski definition) is 3. The average molecular weight is 356 g/mol. The standard InChI is InChI=1S/C16H20N8O2/c1-9-7-17-6-5-10(9)20-15(25)21-11(16(2,3)4)14-22-13(24-26-14)12-18-8-19-23-12/h5-8,11H,1-4H3,(H,18,19,23)(H2,17,20,21,25). The molecule has 3 rings (SSSR count). The smallest absolute Gasteiger partial charge is 0.319 e. The van der Waals surface area contributed by atoms with Crippen molar-refractivity contribution in [1.29, 1.82) is 0 Å². The Kier molecular flexibility index (Phi) is 4.65. The molecule has 10 nitrogen and oxygen atoms in total. The van der Waals surface area contributed by atoms with Crippen LogP contribution in [0.2, 0.25) is 0 Å². The van der Waals surface area contributed by atoms with Crippen LogP contribution in [0, 0.1) is 12.3 Å². The molecule has 1 unspecified atom stereocenters. The maximum atomic E-state index is 12.5. The highest BCUT2D eigenvalue weighted by Crippen LogP contribution is 2.32. The fourth-order valence-corrected chi connectivity index (χ4v) is 2.31. The van der Waals surface area contributed by atoms with Crippen molar-refractivity contribution in [3.8, 4) is 11.6 Å². The second-order valence-electron chi connectivity index (χ2n) is 6.88. The van der Waals surface area contributed by atoms with Crippen LogP contribution in [-0.2, 0) is 0 Å². The number of aromatic amines is 1. The number of nitrogens with one attached hydrogen (secondary N) is 3. The van der Waals surface area contributed by atoms with Crippen molar-refractivity contribution in [3.63, 3.8) is 0 Å². The number of hydrogen-bond acceptors (Lipinski definition) is 7. The highest BCUT2D eigenvalue weighted by atomic mass is 16.5. The minimum absolute atomic E-state index is 0.277. The van der Waals surface area contributed by atoms with Crippen LogP contribution in [0.4, 0.5) is 10.5 Å². The van der Waals surface area contributed by atoms with Gasteiger partial charge in [-0.3, -0.25) is 10.1 Å². The van der Waals surface area contributed by atoms with Crippen LogP contribution in [0.25, 0.3) is 11.6 Å². The first-order valence-corrected chi connectivity index (χ1v) is 8.02. The second kappa shape index (κ2) is 6.90. The zero-order chi connectivity index (χ0) is 18.7. The number of carbonyl (C=O) groups is 1. The van der Waals surface area contributed by atoms with Gasteiger partial charge in [0.1, 0.15) is 12.4 Å². The molecule has 0 aromatic carbocycles. The Morgan fingerprint density at radius 2 is 2.15 bits per heavy atom. The molecule has 0 fully saturated rings. The first kappa shape index (κ1) is 17.5. The Hall–Kier alpha value is -3.30. The van der Waals surface area contributed by atoms with Gasteiger partial charge in [0.2, 0.25) is 11.7 Å². The van der Waals surface area contributed by atoms with Crippen LogP contribution in [0.15, 0.2) is 29.3 Å². The SMILES string of the molecule is Cc1cnccc1NC(=O)NC(c1nc(-c2ncn[nH]2)no1)C(C)(C)C. The van der Waals surface area contributed by atoms with Crippen LogP contribution in [0.5, 0.6) is 0 Å². The van der Waals surface area contributed by atoms with Gasteiger partial charge < -0.3 is 15.2 Å². The fraction of sp³-hybridized carbons (Fsp3) is 0.375. The van der Waals surface area contributed by atoms with Crippen LogP contribution >= 0.6 is 0 Å². The summed E-state index contributed by atoms with van der Waals surface area (Å²) in [5.74, 6) is 0.953. The number of urea groups is 1. The highest BCUT2D eigenvalue weighted by Gasteiger charge is 2.33. The summed E-state index contributed by atoms with van der Waals surface area (Å²) in [6.45, 7) is 7.77. The van der Waals surface area contributed by atoms with E-state index in [1.807, 2.05) is 27.7 Å². The topological polar surface area (TPSA) is 135 Å². The van der Waals surface area contributed by atoms with Gasteiger partial charge in [0.05, 0.1) is 0 Å². The lowest BCUT2D eigenvalue weighted by atomic mass is 9.86. The third-order valence-corrected chi connectivity index (χ3v) is 3.73. The average Bonchev–Trinajstić information content (AvgIpc) is 3.25. The monoisotopic (exact) mass is 356 g/mol. The Bertz CT molecular complexity index is 882. The van der Waals surface area contributed by atoms with Gasteiger partial charge in [-0.05, 0) is 24.0 Å². The molecule has 3 aromatic heterocycles. The van der Waals surface area contributed by atoms with Crippen molar-refractivity contribution < 1.29 is 9.32 Å². The fourth-order valence-electron chi connectivity index (χ4n) is 2.31. The molecule has 10 heteroatoms. The van der Waals surface area contributed by atoms with E-state index in [0.29, 0.717) is 11.5 Å². The van der Waals surface area contributed by atoms with Gasteiger partial charge in [0.25, 0.3) is 0 Å². The molecular weight excluding hydrogens is 336 g/mol. The number of rotatable bonds is 4. The number of pyridine rings is 1. The van der Waals surface area contributed by atoms with E-state index < -0.39 is 6.04 Å². The van der Waals surface area contributed by atoms with E-state index in [9.17, 15) is 4.79 Å². The first-order chi connectivity index (χ1) is 12.3. The summed E-state index contributed by atoms with van der Waals surface area (Å²) < 4.78 is 5.35. The Morgan fingerprint density at radius 1 is 1.35 bits per heavy atom. The van der Waals surface area contributed by atoms with E-state index in [0.717, 1.165) is 5.56 Å². The van der Waals surface area contributed by atoms with Gasteiger partial charge in [-0.1, -0.05) is 25.9 Å². The highest BCUT2D eigenvalue weighted by molar-refractivity contribution is 5.90. The molecule has 0 bridgehead atoms. The summed E-state index contributed by atoms with van der Waals surface area (Å²) in [6.07, 6.45) is 4.65. The third-order valence-electron chi connectivity index (χ3n) is 3.73. The zero-order valence-electron chi connectivity index (χ0n) is 14.9. The second-order valence-corrected chi connectivity index (χ2v) is 6.88. The maximum absolute atomic E-state index is 12.5. The van der Waals surface area contributed by atoms with Crippen LogP contribution in [0.1, 0.15) is 38.3 Å². The molecule has 0 radical (unpaired) electrons. The molecule has 3 heterocycles. The summed E-state index contributed by atoms with van der Waals surface area (Å²) in [5.41, 5.74) is 1.17. The van der Waals surface area contributed by atoms with Crippen molar-refractivity contribution >= 4 is 11.7 Å². The summed E-state index contributed by atoms with van der Waals surface area (Å²) >= 11 is 0. The summed E-state index contributed by atoms with van der Waals surface area (Å²) in [5, 5.41) is 16.0. The number of nitrogens with zero attached hydrogens (tertiary/aromatic N) is 5. The van der Waals surface area contributed by atoms with Gasteiger partial charge in [-0.25, -0.2) is 9.78 Å². The molecule has 0 saturated carbocycles. The van der Waals surface area contributed by atoms with Crippen molar-refractivity contribution in [3.05, 3.63) is 36.2 Å². The van der Waals surface area contributed by atoms with E-state index in [-0.39, 0.29) is 23.2 Å². The van der Waals surface area contributed by atoms with E-state index in [2.05, 4.69) is 40.9 Å². The van der Waals surface area contributed by atoms with E-state index in [4.69, 9.17) is 4.52 Å². The van der Waals surface area contributed by atoms with Crippen LogP contribution in [0.3, 0.4) is 0 Å². The molecule has 0 aliphatic heterocycles. The van der Waals surface area contributed by atoms with E-state index in [1.165, 1.54) is 6.33 Å². The summed E-state index contributed by atoms with van der Waals surface area (Å²) in [6, 6.07) is 0.850. The minimum atomic E-state index is -0.506. The predicted octanol–water partition coefficient (Wildman–Crippen LogP) is 2.47. The van der Waals surface area contributed by atoms with Crippen molar-refractivity contribution in [2.75, 3.05) is 5.32 Å². The molecule has 0 aliphatic carbocycles. The van der Waals surface area contributed by atoms with E-state index >= 15 is 0 Å². The minimum Gasteiger partial charge on any atom is -0.337 e. The number of anilines is 1. The van der Waals surface area contributed by atoms with Crippen LogP contribution in [-0.4, -0.2) is 36.3 Å². The lowest BCUT2D eigenvalue weighted by Gasteiger charge is -2.28. The number of carbonyl (C=O) groups excluding carboxylic acids is 1. The number of aryl methyl sites for hydroxylation is 1. The largest absolute Gasteiger partial charge is 0.337 e. The third kappa shape index (κ3) is 3.85. The molecule has 0 aliphatic rings. The van der Waals surface area contributed by atoms with Crippen molar-refractivity contribution in [1.82, 2.24) is 35.6 Å². The molecule has 2 amide bonds. The van der Waals surface area contributed by atoms with E-state index in [1.54, 1.807) is 18.5 Å². The Balaban J connectivity index is 1.79. The molecule has 1 atom stereocenters. The quantitative estimate of drug-likeness (QED) is 0.653. The Labute approximate surface area is 149 Å². The maximum Gasteiger partial charge on any atom is 0.319 e. The van der Waals surface area contributed by atoms with Crippen molar-refractivity contribution in [2.24, 2.45) is 5.41 Å². The Morgan fingerprint density at radius 3 is 2.81 bits per heavy atom. The lowest BCUT2D eigenvalue weighted by Crippen LogP contribution is -2.39. The normalized spacial score (nSPS) is 12.6. The molecule has 0 saturated heterocycles. The van der Waals surface area contributed by atoms with Gasteiger partial charge in [-0.15, -0.1) is 0 Å². The predicted molar refractivity (Wildman–Crippen MR) is 93.0 cm³/mol. The summed E-state index contributed by atoms with van der Waals surface area (Å²) in [7, 11) is 0. The number of amides is 2.